The van der Waals surface area contributed by atoms with E-state index in [1.165, 1.54) is 4.88 Å². The van der Waals surface area contributed by atoms with Gasteiger partial charge in [0.2, 0.25) is 17.6 Å². The lowest BCUT2D eigenvalue weighted by molar-refractivity contribution is -0.128. The molecule has 1 saturated heterocycles. The van der Waals surface area contributed by atoms with Crippen molar-refractivity contribution in [3.8, 4) is 11.5 Å². The third-order valence-electron chi connectivity index (χ3n) is 3.83. The maximum Gasteiger partial charge on any atom is 0.232 e. The highest BCUT2D eigenvalue weighted by atomic mass is 32.1. The number of amides is 1. The first-order chi connectivity index (χ1) is 11.3. The van der Waals surface area contributed by atoms with E-state index >= 15 is 0 Å². The lowest BCUT2D eigenvalue weighted by Gasteiger charge is -2.14. The van der Waals surface area contributed by atoms with Gasteiger partial charge in [-0.3, -0.25) is 9.78 Å². The Bertz CT molecular complexity index is 801. The summed E-state index contributed by atoms with van der Waals surface area (Å²) in [4.78, 5) is 23.8. The predicted octanol–water partition coefficient (Wildman–Crippen LogP) is 2.71. The molecule has 0 N–H and O–H groups in total. The van der Waals surface area contributed by atoms with E-state index < -0.39 is 0 Å². The highest BCUT2D eigenvalue weighted by molar-refractivity contribution is 7.09. The van der Waals surface area contributed by atoms with Crippen LogP contribution in [0.4, 0.5) is 0 Å². The Kier molecular flexibility index (Phi) is 3.63. The van der Waals surface area contributed by atoms with Crippen LogP contribution in [0.1, 0.15) is 23.1 Å². The Balaban J connectivity index is 1.49. The molecule has 4 rings (SSSR count). The lowest BCUT2D eigenvalue weighted by Crippen LogP contribution is -2.23. The fraction of sp³-hybridized carbons (Fsp3) is 0.250. The number of rotatable bonds is 4. The SMILES string of the molecule is O=C1C[C@@H](c2nc(-c3ccccn3)no2)CN1Cc1cccs1. The molecule has 3 aromatic heterocycles. The number of carbonyl (C=O) groups excluding carboxylic acids is 1. The van der Waals surface area contributed by atoms with Crippen LogP contribution in [0, 0.1) is 0 Å². The average Bonchev–Trinajstić information content (AvgIpc) is 3.31. The van der Waals surface area contributed by atoms with Crippen LogP contribution in [0.2, 0.25) is 0 Å². The normalized spacial score (nSPS) is 17.8. The summed E-state index contributed by atoms with van der Waals surface area (Å²) in [6.45, 7) is 1.26. The zero-order chi connectivity index (χ0) is 15.6. The van der Waals surface area contributed by atoms with Crippen molar-refractivity contribution >= 4 is 17.2 Å². The van der Waals surface area contributed by atoms with Crippen molar-refractivity contribution in [1.82, 2.24) is 20.0 Å². The Morgan fingerprint density at radius 3 is 3.04 bits per heavy atom. The van der Waals surface area contributed by atoms with Crippen LogP contribution in [0.5, 0.6) is 0 Å². The van der Waals surface area contributed by atoms with E-state index in [0.29, 0.717) is 36.9 Å². The highest BCUT2D eigenvalue weighted by Crippen LogP contribution is 2.29. The van der Waals surface area contributed by atoms with Crippen LogP contribution in [-0.2, 0) is 11.3 Å². The van der Waals surface area contributed by atoms with Gasteiger partial charge in [0.15, 0.2) is 0 Å². The summed E-state index contributed by atoms with van der Waals surface area (Å²) >= 11 is 1.66. The second kappa shape index (κ2) is 5.92. The van der Waals surface area contributed by atoms with E-state index in [1.54, 1.807) is 17.5 Å². The molecule has 0 bridgehead atoms. The molecule has 3 aromatic rings. The van der Waals surface area contributed by atoms with Crippen molar-refractivity contribution < 1.29 is 9.32 Å². The standard InChI is InChI=1S/C16H14N4O2S/c21-14-8-11(9-20(14)10-12-4-3-7-23-12)16-18-15(19-22-16)13-5-1-2-6-17-13/h1-7,11H,8-10H2/t11-/m1/s1. The molecule has 1 amide bonds. The number of carbonyl (C=O) groups is 1. The Morgan fingerprint density at radius 1 is 1.30 bits per heavy atom. The van der Waals surface area contributed by atoms with Gasteiger partial charge in [-0.1, -0.05) is 17.3 Å². The van der Waals surface area contributed by atoms with Crippen LogP contribution in [0.25, 0.3) is 11.5 Å². The van der Waals surface area contributed by atoms with Crippen molar-refractivity contribution in [2.24, 2.45) is 0 Å². The van der Waals surface area contributed by atoms with E-state index in [9.17, 15) is 4.79 Å². The molecule has 0 saturated carbocycles. The molecular weight excluding hydrogens is 312 g/mol. The molecule has 1 aliphatic heterocycles. The van der Waals surface area contributed by atoms with E-state index in [4.69, 9.17) is 4.52 Å². The summed E-state index contributed by atoms with van der Waals surface area (Å²) < 4.78 is 5.36. The van der Waals surface area contributed by atoms with Crippen molar-refractivity contribution in [3.63, 3.8) is 0 Å². The van der Waals surface area contributed by atoms with Crippen LogP contribution in [0.3, 0.4) is 0 Å². The number of hydrogen-bond acceptors (Lipinski definition) is 6. The molecule has 0 unspecified atom stereocenters. The minimum atomic E-state index is -0.0487. The second-order valence-electron chi connectivity index (χ2n) is 5.43. The molecule has 0 spiro atoms. The fourth-order valence-electron chi connectivity index (χ4n) is 2.68. The van der Waals surface area contributed by atoms with E-state index in [2.05, 4.69) is 15.1 Å². The van der Waals surface area contributed by atoms with Gasteiger partial charge in [-0.05, 0) is 23.6 Å². The first-order valence-electron chi connectivity index (χ1n) is 7.35. The number of aromatic nitrogens is 3. The molecule has 0 aromatic carbocycles. The quantitative estimate of drug-likeness (QED) is 0.737. The minimum Gasteiger partial charge on any atom is -0.339 e. The summed E-state index contributed by atoms with van der Waals surface area (Å²) in [5, 5.41) is 6.00. The van der Waals surface area contributed by atoms with Crippen molar-refractivity contribution in [3.05, 3.63) is 52.7 Å². The highest BCUT2D eigenvalue weighted by Gasteiger charge is 2.34. The molecule has 7 heteroatoms. The molecule has 1 fully saturated rings. The van der Waals surface area contributed by atoms with Crippen LogP contribution in [0.15, 0.2) is 46.4 Å². The van der Waals surface area contributed by atoms with Gasteiger partial charge in [0, 0.05) is 24.0 Å². The Hall–Kier alpha value is -2.54. The fourth-order valence-corrected chi connectivity index (χ4v) is 3.40. The maximum atomic E-state index is 12.2. The number of thiophene rings is 1. The summed E-state index contributed by atoms with van der Waals surface area (Å²) in [5.41, 5.74) is 0.669. The molecule has 4 heterocycles. The monoisotopic (exact) mass is 326 g/mol. The zero-order valence-corrected chi connectivity index (χ0v) is 13.1. The zero-order valence-electron chi connectivity index (χ0n) is 12.3. The number of nitrogens with zero attached hydrogens (tertiary/aromatic N) is 4. The molecule has 116 valence electrons. The molecular formula is C16H14N4O2S. The average molecular weight is 326 g/mol. The van der Waals surface area contributed by atoms with E-state index in [1.807, 2.05) is 40.6 Å². The Morgan fingerprint density at radius 2 is 2.26 bits per heavy atom. The summed E-state index contributed by atoms with van der Waals surface area (Å²) in [7, 11) is 0. The predicted molar refractivity (Wildman–Crippen MR) is 84.6 cm³/mol. The minimum absolute atomic E-state index is 0.0487. The second-order valence-corrected chi connectivity index (χ2v) is 6.46. The smallest absolute Gasteiger partial charge is 0.232 e. The summed E-state index contributed by atoms with van der Waals surface area (Å²) in [5.74, 6) is 1.05. The van der Waals surface area contributed by atoms with Gasteiger partial charge in [-0.2, -0.15) is 4.98 Å². The first kappa shape index (κ1) is 14.1. The maximum absolute atomic E-state index is 12.2. The lowest BCUT2D eigenvalue weighted by atomic mass is 10.1. The van der Waals surface area contributed by atoms with Crippen molar-refractivity contribution in [2.75, 3.05) is 6.54 Å². The Labute approximate surface area is 136 Å². The largest absolute Gasteiger partial charge is 0.339 e. The molecule has 0 radical (unpaired) electrons. The number of pyridine rings is 1. The van der Waals surface area contributed by atoms with Gasteiger partial charge in [-0.15, -0.1) is 11.3 Å². The number of hydrogen-bond donors (Lipinski definition) is 0. The van der Waals surface area contributed by atoms with Crippen LogP contribution < -0.4 is 0 Å². The van der Waals surface area contributed by atoms with Gasteiger partial charge in [-0.25, -0.2) is 0 Å². The third-order valence-corrected chi connectivity index (χ3v) is 4.69. The van der Waals surface area contributed by atoms with Gasteiger partial charge in [0.05, 0.1) is 12.5 Å². The molecule has 0 aliphatic carbocycles. The van der Waals surface area contributed by atoms with Gasteiger partial charge < -0.3 is 9.42 Å². The molecule has 1 aliphatic rings. The summed E-state index contributed by atoms with van der Waals surface area (Å²) in [6.07, 6.45) is 2.10. The summed E-state index contributed by atoms with van der Waals surface area (Å²) in [6, 6.07) is 9.58. The molecule has 23 heavy (non-hydrogen) atoms. The van der Waals surface area contributed by atoms with Crippen molar-refractivity contribution in [1.29, 1.82) is 0 Å². The molecule has 1 atom stereocenters. The first-order valence-corrected chi connectivity index (χ1v) is 8.23. The van der Waals surface area contributed by atoms with Crippen LogP contribution in [-0.4, -0.2) is 32.5 Å². The van der Waals surface area contributed by atoms with E-state index in [0.717, 1.165) is 0 Å². The van der Waals surface area contributed by atoms with Gasteiger partial charge in [0.1, 0.15) is 5.69 Å². The van der Waals surface area contributed by atoms with E-state index in [-0.39, 0.29) is 11.8 Å². The van der Waals surface area contributed by atoms with Gasteiger partial charge in [0.25, 0.3) is 0 Å². The molecule has 6 nitrogen and oxygen atoms in total. The topological polar surface area (TPSA) is 72.1 Å². The van der Waals surface area contributed by atoms with Crippen LogP contribution >= 0.6 is 11.3 Å². The third kappa shape index (κ3) is 2.87. The van der Waals surface area contributed by atoms with Gasteiger partial charge >= 0.3 is 0 Å². The number of likely N-dealkylation sites (tertiary alicyclic amines) is 1. The van der Waals surface area contributed by atoms with Crippen molar-refractivity contribution in [2.45, 2.75) is 18.9 Å².